The highest BCUT2D eigenvalue weighted by atomic mass is 16.6. The average Bonchev–Trinajstić information content (AvgIpc) is 2.45. The Morgan fingerprint density at radius 1 is 1.14 bits per heavy atom. The summed E-state index contributed by atoms with van der Waals surface area (Å²) in [6.45, 7) is 1.91. The zero-order valence-electron chi connectivity index (χ0n) is 11.5. The molecular formula is C15H15N3O3. The first-order chi connectivity index (χ1) is 10.0. The van der Waals surface area contributed by atoms with Gasteiger partial charge in [0, 0.05) is 37.0 Å². The molecule has 0 bridgehead atoms. The molecule has 0 fully saturated rings. The number of carbonyl (C=O) groups is 1. The van der Waals surface area contributed by atoms with Crippen LogP contribution in [0.5, 0.6) is 0 Å². The SMILES string of the molecule is CC(=O)Nc1cccc(NCc2cccc([N+](=O)[O-])c2)c1. The first kappa shape index (κ1) is 14.5. The number of non-ortho nitro benzene ring substituents is 1. The molecule has 0 atom stereocenters. The van der Waals surface area contributed by atoms with Gasteiger partial charge in [-0.1, -0.05) is 18.2 Å². The van der Waals surface area contributed by atoms with E-state index in [4.69, 9.17) is 0 Å². The van der Waals surface area contributed by atoms with E-state index >= 15 is 0 Å². The van der Waals surface area contributed by atoms with Crippen LogP contribution in [0.15, 0.2) is 48.5 Å². The summed E-state index contributed by atoms with van der Waals surface area (Å²) in [5.41, 5.74) is 2.41. The molecule has 0 spiro atoms. The minimum atomic E-state index is -0.416. The second-order valence-electron chi connectivity index (χ2n) is 4.54. The largest absolute Gasteiger partial charge is 0.381 e. The summed E-state index contributed by atoms with van der Waals surface area (Å²) in [5, 5.41) is 16.6. The third-order valence-electron chi connectivity index (χ3n) is 2.80. The van der Waals surface area contributed by atoms with Crippen molar-refractivity contribution in [2.45, 2.75) is 13.5 Å². The Balaban J connectivity index is 2.04. The molecule has 6 nitrogen and oxygen atoms in total. The lowest BCUT2D eigenvalue weighted by molar-refractivity contribution is -0.384. The summed E-state index contributed by atoms with van der Waals surface area (Å²) < 4.78 is 0. The summed E-state index contributed by atoms with van der Waals surface area (Å²) in [6.07, 6.45) is 0. The molecule has 0 saturated heterocycles. The molecule has 21 heavy (non-hydrogen) atoms. The molecule has 0 aromatic heterocycles. The van der Waals surface area contributed by atoms with Crippen molar-refractivity contribution in [3.63, 3.8) is 0 Å². The number of hydrogen-bond donors (Lipinski definition) is 2. The number of nitrogens with one attached hydrogen (secondary N) is 2. The van der Waals surface area contributed by atoms with Crippen molar-refractivity contribution in [2.75, 3.05) is 10.6 Å². The minimum absolute atomic E-state index is 0.0706. The number of carbonyl (C=O) groups excluding carboxylic acids is 1. The molecule has 0 aliphatic heterocycles. The van der Waals surface area contributed by atoms with Gasteiger partial charge in [-0.2, -0.15) is 0 Å². The number of anilines is 2. The highest BCUT2D eigenvalue weighted by Crippen LogP contribution is 2.18. The fourth-order valence-corrected chi connectivity index (χ4v) is 1.89. The van der Waals surface area contributed by atoms with Crippen LogP contribution >= 0.6 is 0 Å². The molecule has 0 radical (unpaired) electrons. The van der Waals surface area contributed by atoms with Gasteiger partial charge >= 0.3 is 0 Å². The van der Waals surface area contributed by atoms with E-state index in [9.17, 15) is 14.9 Å². The monoisotopic (exact) mass is 285 g/mol. The lowest BCUT2D eigenvalue weighted by Crippen LogP contribution is -2.06. The number of hydrogen-bond acceptors (Lipinski definition) is 4. The molecule has 0 heterocycles. The van der Waals surface area contributed by atoms with Gasteiger partial charge in [0.1, 0.15) is 0 Å². The molecule has 2 N–H and O–H groups in total. The Hall–Kier alpha value is -2.89. The first-order valence-corrected chi connectivity index (χ1v) is 6.39. The van der Waals surface area contributed by atoms with Crippen LogP contribution in [0, 0.1) is 10.1 Å². The van der Waals surface area contributed by atoms with Crippen molar-refractivity contribution in [3.05, 3.63) is 64.2 Å². The van der Waals surface area contributed by atoms with E-state index in [1.165, 1.54) is 19.1 Å². The second-order valence-corrected chi connectivity index (χ2v) is 4.54. The second kappa shape index (κ2) is 6.51. The van der Waals surface area contributed by atoms with E-state index in [0.29, 0.717) is 12.2 Å². The molecule has 0 unspecified atom stereocenters. The average molecular weight is 285 g/mol. The highest BCUT2D eigenvalue weighted by Gasteiger charge is 2.05. The molecule has 2 rings (SSSR count). The summed E-state index contributed by atoms with van der Waals surface area (Å²) in [5.74, 6) is -0.133. The molecule has 6 heteroatoms. The fraction of sp³-hybridized carbons (Fsp3) is 0.133. The van der Waals surface area contributed by atoms with Crippen molar-refractivity contribution in [3.8, 4) is 0 Å². The van der Waals surface area contributed by atoms with Crippen molar-refractivity contribution in [2.24, 2.45) is 0 Å². The van der Waals surface area contributed by atoms with Crippen molar-refractivity contribution in [1.82, 2.24) is 0 Å². The van der Waals surface area contributed by atoms with Crippen LogP contribution in [-0.4, -0.2) is 10.8 Å². The molecule has 2 aromatic rings. The standard InChI is InChI=1S/C15H15N3O3/c1-11(19)17-14-6-3-5-13(9-14)16-10-12-4-2-7-15(8-12)18(20)21/h2-9,16H,10H2,1H3,(H,17,19). The van der Waals surface area contributed by atoms with E-state index in [0.717, 1.165) is 11.3 Å². The van der Waals surface area contributed by atoms with Gasteiger partial charge in [-0.3, -0.25) is 14.9 Å². The Bertz CT molecular complexity index is 671. The van der Waals surface area contributed by atoms with Gasteiger partial charge < -0.3 is 10.6 Å². The van der Waals surface area contributed by atoms with Crippen LogP contribution in [0.4, 0.5) is 17.1 Å². The topological polar surface area (TPSA) is 84.3 Å². The minimum Gasteiger partial charge on any atom is -0.381 e. The fourth-order valence-electron chi connectivity index (χ4n) is 1.89. The van der Waals surface area contributed by atoms with Crippen LogP contribution in [-0.2, 0) is 11.3 Å². The lowest BCUT2D eigenvalue weighted by atomic mass is 10.2. The van der Waals surface area contributed by atoms with Crippen LogP contribution < -0.4 is 10.6 Å². The van der Waals surface area contributed by atoms with E-state index in [1.54, 1.807) is 18.2 Å². The predicted octanol–water partition coefficient (Wildman–Crippen LogP) is 3.17. The number of nitro benzene ring substituents is 1. The van der Waals surface area contributed by atoms with Gasteiger partial charge in [-0.05, 0) is 23.8 Å². The Labute approximate surface area is 121 Å². The smallest absolute Gasteiger partial charge is 0.269 e. The molecule has 1 amide bonds. The molecule has 0 aliphatic rings. The maximum Gasteiger partial charge on any atom is 0.269 e. The van der Waals surface area contributed by atoms with Gasteiger partial charge in [0.2, 0.25) is 5.91 Å². The van der Waals surface area contributed by atoms with E-state index in [1.807, 2.05) is 18.2 Å². The Morgan fingerprint density at radius 2 is 1.86 bits per heavy atom. The van der Waals surface area contributed by atoms with E-state index in [-0.39, 0.29) is 11.6 Å². The van der Waals surface area contributed by atoms with Gasteiger partial charge in [-0.25, -0.2) is 0 Å². The number of nitrogens with zero attached hydrogens (tertiary/aromatic N) is 1. The normalized spacial score (nSPS) is 9.95. The Morgan fingerprint density at radius 3 is 2.57 bits per heavy atom. The van der Waals surface area contributed by atoms with Crippen LogP contribution in [0.25, 0.3) is 0 Å². The quantitative estimate of drug-likeness (QED) is 0.652. The van der Waals surface area contributed by atoms with Gasteiger partial charge in [-0.15, -0.1) is 0 Å². The molecule has 2 aromatic carbocycles. The number of nitro groups is 1. The number of rotatable bonds is 5. The lowest BCUT2D eigenvalue weighted by Gasteiger charge is -2.09. The maximum atomic E-state index is 11.0. The zero-order chi connectivity index (χ0) is 15.2. The summed E-state index contributed by atoms with van der Waals surface area (Å²) in [4.78, 5) is 21.3. The first-order valence-electron chi connectivity index (χ1n) is 6.39. The highest BCUT2D eigenvalue weighted by molar-refractivity contribution is 5.89. The molecule has 0 aliphatic carbocycles. The van der Waals surface area contributed by atoms with Crippen molar-refractivity contribution >= 4 is 23.0 Å². The summed E-state index contributed by atoms with van der Waals surface area (Å²) in [6, 6.07) is 13.7. The van der Waals surface area contributed by atoms with Gasteiger partial charge in [0.15, 0.2) is 0 Å². The van der Waals surface area contributed by atoms with Gasteiger partial charge in [0.25, 0.3) is 5.69 Å². The predicted molar refractivity (Wildman–Crippen MR) is 81.2 cm³/mol. The van der Waals surface area contributed by atoms with Crippen LogP contribution in [0.1, 0.15) is 12.5 Å². The molecule has 0 saturated carbocycles. The molecular weight excluding hydrogens is 270 g/mol. The zero-order valence-corrected chi connectivity index (χ0v) is 11.5. The summed E-state index contributed by atoms with van der Waals surface area (Å²) in [7, 11) is 0. The summed E-state index contributed by atoms with van der Waals surface area (Å²) >= 11 is 0. The van der Waals surface area contributed by atoms with Crippen molar-refractivity contribution < 1.29 is 9.72 Å². The van der Waals surface area contributed by atoms with Gasteiger partial charge in [0.05, 0.1) is 4.92 Å². The number of benzene rings is 2. The number of amides is 1. The third kappa shape index (κ3) is 4.31. The van der Waals surface area contributed by atoms with E-state index < -0.39 is 4.92 Å². The Kier molecular flexibility index (Phi) is 4.50. The van der Waals surface area contributed by atoms with E-state index in [2.05, 4.69) is 10.6 Å². The molecule has 108 valence electrons. The maximum absolute atomic E-state index is 11.0. The third-order valence-corrected chi connectivity index (χ3v) is 2.80. The van der Waals surface area contributed by atoms with Crippen molar-refractivity contribution in [1.29, 1.82) is 0 Å². The van der Waals surface area contributed by atoms with Crippen LogP contribution in [0.3, 0.4) is 0 Å². The van der Waals surface area contributed by atoms with Crippen LogP contribution in [0.2, 0.25) is 0 Å².